The normalized spacial score (nSPS) is 18.3. The van der Waals surface area contributed by atoms with Crippen LogP contribution in [-0.4, -0.2) is 248 Å². The van der Waals surface area contributed by atoms with Crippen LogP contribution < -0.4 is 60.3 Å². The Morgan fingerprint density at radius 2 is 0.787 bits per heavy atom. The van der Waals surface area contributed by atoms with Crippen LogP contribution in [0.3, 0.4) is 0 Å². The zero-order chi connectivity index (χ0) is 76.4. The minimum Gasteiger partial charge on any atom is -0.469 e. The van der Waals surface area contributed by atoms with Crippen molar-refractivity contribution < 1.29 is 85.7 Å². The molecule has 4 saturated heterocycles. The number of hydrogen-bond donors (Lipinski definition) is 6. The second-order valence-corrected chi connectivity index (χ2v) is 27.7. The van der Waals surface area contributed by atoms with E-state index in [9.17, 15) is 38.4 Å². The molecule has 0 aromatic heterocycles. The molecule has 6 aliphatic rings. The van der Waals surface area contributed by atoms with Crippen LogP contribution >= 0.6 is 0 Å². The summed E-state index contributed by atoms with van der Waals surface area (Å²) >= 11 is 0. The van der Waals surface area contributed by atoms with E-state index in [-0.39, 0.29) is 61.4 Å². The first-order chi connectivity index (χ1) is 52.6. The van der Waals surface area contributed by atoms with Gasteiger partial charge in [0.1, 0.15) is 22.3 Å². The molecule has 12 amide bonds. The maximum absolute atomic E-state index is 13.9. The second kappa shape index (κ2) is 40.3. The fourth-order valence-corrected chi connectivity index (χ4v) is 14.3. The summed E-state index contributed by atoms with van der Waals surface area (Å²) in [5, 5.41) is 17.3. The lowest BCUT2D eigenvalue weighted by molar-refractivity contribution is -0.191. The van der Waals surface area contributed by atoms with E-state index in [1.54, 1.807) is 48.5 Å². The third-order valence-corrected chi connectivity index (χ3v) is 21.1. The van der Waals surface area contributed by atoms with E-state index in [2.05, 4.69) is 41.7 Å². The van der Waals surface area contributed by atoms with Crippen molar-refractivity contribution in [1.82, 2.24) is 61.3 Å². The summed E-state index contributed by atoms with van der Waals surface area (Å²) in [4.78, 5) is 117. The van der Waals surface area contributed by atoms with Crippen molar-refractivity contribution in [2.45, 2.75) is 130 Å². The first-order valence-electron chi connectivity index (χ1n) is 38.6. The van der Waals surface area contributed by atoms with Crippen molar-refractivity contribution in [3.8, 4) is 34.5 Å². The molecule has 108 heavy (non-hydrogen) atoms. The summed E-state index contributed by atoms with van der Waals surface area (Å²) in [5.41, 5.74) is 1.00. The summed E-state index contributed by atoms with van der Waals surface area (Å²) in [5.74, 6) is 2.70. The third-order valence-electron chi connectivity index (χ3n) is 21.1. The van der Waals surface area contributed by atoms with Gasteiger partial charge in [0.25, 0.3) is 11.8 Å². The van der Waals surface area contributed by atoms with Crippen molar-refractivity contribution in [2.24, 2.45) is 10.8 Å². The molecule has 6 aliphatic heterocycles. The quantitative estimate of drug-likeness (QED) is 0.0181. The molecule has 4 aromatic carbocycles. The van der Waals surface area contributed by atoms with Crippen LogP contribution in [0.4, 0.5) is 19.2 Å². The Labute approximate surface area is 633 Å². The third kappa shape index (κ3) is 20.6. The smallest absolute Gasteiger partial charge is 0.327 e. The van der Waals surface area contributed by atoms with Crippen molar-refractivity contribution in [3.05, 3.63) is 107 Å². The topological polar surface area (TPSA) is 320 Å². The van der Waals surface area contributed by atoms with Gasteiger partial charge in [0, 0.05) is 103 Å². The van der Waals surface area contributed by atoms with Crippen molar-refractivity contribution in [3.63, 3.8) is 0 Å². The Morgan fingerprint density at radius 3 is 1.15 bits per heavy atom. The number of β-lactam (4-membered cyclic amide) rings is 2. The molecule has 0 radical (unpaired) electrons. The zero-order valence-electron chi connectivity index (χ0n) is 63.5. The molecule has 4 aromatic rings. The van der Waals surface area contributed by atoms with Gasteiger partial charge in [0.05, 0.1) is 64.9 Å². The Kier molecular flexibility index (Phi) is 30.3. The highest BCUT2D eigenvalue weighted by molar-refractivity contribution is 6.04. The van der Waals surface area contributed by atoms with Gasteiger partial charge in [-0.2, -0.15) is 0 Å². The lowest BCUT2D eigenvalue weighted by Crippen LogP contribution is -2.73. The Morgan fingerprint density at radius 1 is 0.435 bits per heavy atom. The van der Waals surface area contributed by atoms with Gasteiger partial charge in [0.2, 0.25) is 25.4 Å². The highest BCUT2D eigenvalue weighted by Gasteiger charge is 2.64. The molecule has 0 bridgehead atoms. The molecular weight excluding hydrogens is 1390 g/mol. The number of nitrogens with one attached hydrogen (secondary N) is 6. The average molecular weight is 1500 g/mol. The predicted molar refractivity (Wildman–Crippen MR) is 399 cm³/mol. The first kappa shape index (κ1) is 81.3. The van der Waals surface area contributed by atoms with Gasteiger partial charge in [-0.05, 0) is 135 Å². The molecule has 590 valence electrons. The van der Waals surface area contributed by atoms with Gasteiger partial charge in [-0.3, -0.25) is 29.0 Å². The standard InChI is InChI=1S/C78H110N12O18/c1-7-15-61(57-21-27-63-65(51-57)105-53-103-63)83-75(97)89-69(93)77(9-3,10-4)71(89)107-59-23-17-55(18-24-59)67(91)87-37-33-85(34-38-87)41-45-101-49-47-99-43-31-81-73(95)79-29-13-14-30-80-74(96)82-32-44-100-48-50-102-46-42-86-35-39-88(40-36-86)68(92)56-19-25-60(26-20-56)108-72-78(11-5,12-6)70(94)90(72)76(98)84-62(16-8-2)58-22-28-64-66(52-58)106-54-104-64/h17-28,51-52,61-62,71-72H,7-16,29-50,53-54H2,1-6H3,(H,83,97)(H,84,98)(H2,79,81,95)(H2,80,82,96)/t61-,62-,71+,72+/m1/s1. The van der Waals surface area contributed by atoms with Crippen LogP contribution in [0.25, 0.3) is 0 Å². The summed E-state index contributed by atoms with van der Waals surface area (Å²) in [6.07, 6.45) is 4.56. The van der Waals surface area contributed by atoms with E-state index in [0.29, 0.717) is 241 Å². The molecule has 6 N–H and O–H groups in total. The summed E-state index contributed by atoms with van der Waals surface area (Å²) < 4.78 is 57.8. The number of carbonyl (C=O) groups excluding carboxylic acids is 8. The average Bonchev–Trinajstić information content (AvgIpc) is 0.909. The molecule has 6 heterocycles. The molecule has 0 saturated carbocycles. The summed E-state index contributed by atoms with van der Waals surface area (Å²) in [7, 11) is 0. The van der Waals surface area contributed by atoms with Gasteiger partial charge in [-0.15, -0.1) is 0 Å². The van der Waals surface area contributed by atoms with Gasteiger partial charge in [-0.25, -0.2) is 29.0 Å². The van der Waals surface area contributed by atoms with E-state index in [1.165, 1.54) is 9.80 Å². The SMILES string of the molecule is CCC[C@@H](NC(=O)N1C(=O)C(CC)(CC)[C@@H]1Oc1ccc(C(=O)N2CCN(CCOCCOCCNC(=O)NCCCCNC(=O)NCCOCCOCCN3CCN(C(=O)c4ccc(O[C@@H]5N(C(=O)N[C@H](CCC)c6ccc7c(c6)OCO7)C(=O)C5(CC)CC)cc4)CC3)CC2)cc1)c1ccc2c(c1)OCO2. The number of fused-ring (bicyclic) bond motifs is 2. The minimum absolute atomic E-state index is 0.0852. The Hall–Kier alpha value is -9.20. The van der Waals surface area contributed by atoms with Crippen molar-refractivity contribution in [2.75, 3.05) is 158 Å². The molecular formula is C78H110N12O18. The van der Waals surface area contributed by atoms with Crippen LogP contribution in [0.5, 0.6) is 34.5 Å². The minimum atomic E-state index is -0.869. The summed E-state index contributed by atoms with van der Waals surface area (Å²) in [6.45, 7) is 23.4. The molecule has 0 aliphatic carbocycles. The predicted octanol–water partition coefficient (Wildman–Crippen LogP) is 8.01. The fraction of sp³-hybridized carbons (Fsp3) is 0.590. The number of amides is 12. The van der Waals surface area contributed by atoms with E-state index in [0.717, 1.165) is 24.0 Å². The lowest BCUT2D eigenvalue weighted by atomic mass is 9.72. The second-order valence-electron chi connectivity index (χ2n) is 27.7. The number of nitrogens with zero attached hydrogens (tertiary/aromatic N) is 6. The van der Waals surface area contributed by atoms with Crippen molar-refractivity contribution >= 4 is 47.8 Å². The fourth-order valence-electron chi connectivity index (χ4n) is 14.3. The molecule has 4 atom stereocenters. The molecule has 0 unspecified atom stereocenters. The number of benzene rings is 4. The number of hydrogen-bond acceptors (Lipinski definition) is 20. The van der Waals surface area contributed by atoms with Gasteiger partial charge in [-0.1, -0.05) is 66.5 Å². The number of ether oxygens (including phenoxy) is 10. The number of rotatable bonds is 41. The number of carbonyl (C=O) groups is 8. The maximum atomic E-state index is 13.9. The van der Waals surface area contributed by atoms with Crippen molar-refractivity contribution in [1.29, 1.82) is 0 Å². The highest BCUT2D eigenvalue weighted by Crippen LogP contribution is 2.48. The lowest BCUT2D eigenvalue weighted by Gasteiger charge is -2.53. The van der Waals surface area contributed by atoms with Crippen LogP contribution in [0.1, 0.15) is 150 Å². The highest BCUT2D eigenvalue weighted by atomic mass is 16.7. The van der Waals surface area contributed by atoms with E-state index >= 15 is 0 Å². The Bertz CT molecular complexity index is 3390. The van der Waals surface area contributed by atoms with E-state index in [1.807, 2.05) is 87.7 Å². The van der Waals surface area contributed by atoms with Crippen LogP contribution in [0, 0.1) is 10.8 Å². The van der Waals surface area contributed by atoms with Gasteiger partial charge < -0.3 is 89.1 Å². The zero-order valence-corrected chi connectivity index (χ0v) is 63.5. The number of unbranched alkanes of at least 4 members (excludes halogenated alkanes) is 1. The summed E-state index contributed by atoms with van der Waals surface area (Å²) in [6, 6.07) is 22.6. The van der Waals surface area contributed by atoms with Crippen LogP contribution in [0.15, 0.2) is 84.9 Å². The van der Waals surface area contributed by atoms with E-state index < -0.39 is 35.3 Å². The van der Waals surface area contributed by atoms with Crippen LogP contribution in [0.2, 0.25) is 0 Å². The molecule has 0 spiro atoms. The molecule has 4 fully saturated rings. The number of piperazine rings is 2. The number of urea groups is 4. The first-order valence-corrected chi connectivity index (χ1v) is 38.6. The Balaban J connectivity index is 0.490. The molecule has 30 nitrogen and oxygen atoms in total. The van der Waals surface area contributed by atoms with Gasteiger partial charge in [0.15, 0.2) is 35.5 Å². The van der Waals surface area contributed by atoms with Gasteiger partial charge >= 0.3 is 24.1 Å². The molecule has 30 heteroatoms. The molecule has 10 rings (SSSR count). The monoisotopic (exact) mass is 1500 g/mol. The number of likely N-dealkylation sites (tertiary alicyclic amines) is 2. The van der Waals surface area contributed by atoms with E-state index in [4.69, 9.17) is 47.4 Å². The number of imide groups is 2. The maximum Gasteiger partial charge on any atom is 0.327 e. The van der Waals surface area contributed by atoms with Crippen LogP contribution in [-0.2, 0) is 28.5 Å². The largest absolute Gasteiger partial charge is 0.469 e.